The lowest BCUT2D eigenvalue weighted by molar-refractivity contribution is -0.126. The van der Waals surface area contributed by atoms with Crippen molar-refractivity contribution in [2.75, 3.05) is 13.6 Å². The summed E-state index contributed by atoms with van der Waals surface area (Å²) < 4.78 is 0. The Bertz CT molecular complexity index is 938. The lowest BCUT2D eigenvalue weighted by atomic mass is 10.2. The SMILES string of the molecule is CN(CCc1ccccn1)C(=O)/C(=C/c1cccs1)NC(=O)c1ccccc1. The summed E-state index contributed by atoms with van der Waals surface area (Å²) in [4.78, 5) is 32.3. The number of likely N-dealkylation sites (N-methyl/N-ethyl adjacent to an activating group) is 1. The Morgan fingerprint density at radius 2 is 1.86 bits per heavy atom. The third kappa shape index (κ3) is 5.37. The first-order valence-electron chi connectivity index (χ1n) is 8.90. The molecule has 6 heteroatoms. The number of thiophene rings is 1. The van der Waals surface area contributed by atoms with Crippen LogP contribution in [0.1, 0.15) is 20.9 Å². The van der Waals surface area contributed by atoms with Gasteiger partial charge in [0.15, 0.2) is 0 Å². The highest BCUT2D eigenvalue weighted by molar-refractivity contribution is 7.10. The predicted molar refractivity (Wildman–Crippen MR) is 112 cm³/mol. The number of aromatic nitrogens is 1. The Balaban J connectivity index is 1.74. The van der Waals surface area contributed by atoms with E-state index in [1.807, 2.05) is 41.8 Å². The maximum absolute atomic E-state index is 13.0. The number of rotatable bonds is 7. The minimum absolute atomic E-state index is 0.242. The number of hydrogen-bond donors (Lipinski definition) is 1. The summed E-state index contributed by atoms with van der Waals surface area (Å²) in [5.41, 5.74) is 1.67. The minimum Gasteiger partial charge on any atom is -0.340 e. The van der Waals surface area contributed by atoms with Crippen LogP contribution in [0.3, 0.4) is 0 Å². The van der Waals surface area contributed by atoms with Crippen LogP contribution < -0.4 is 5.32 Å². The van der Waals surface area contributed by atoms with Crippen molar-refractivity contribution in [3.63, 3.8) is 0 Å². The van der Waals surface area contributed by atoms with Crippen LogP contribution in [0.2, 0.25) is 0 Å². The van der Waals surface area contributed by atoms with E-state index < -0.39 is 0 Å². The van der Waals surface area contributed by atoms with Crippen molar-refractivity contribution in [2.24, 2.45) is 0 Å². The summed E-state index contributed by atoms with van der Waals surface area (Å²) in [6, 6.07) is 18.4. The highest BCUT2D eigenvalue weighted by Crippen LogP contribution is 2.14. The molecular formula is C22H21N3O2S. The van der Waals surface area contributed by atoms with Gasteiger partial charge in [0, 0.05) is 42.3 Å². The average Bonchev–Trinajstić information content (AvgIpc) is 3.25. The van der Waals surface area contributed by atoms with Crippen molar-refractivity contribution in [2.45, 2.75) is 6.42 Å². The van der Waals surface area contributed by atoms with Gasteiger partial charge in [-0.25, -0.2) is 0 Å². The monoisotopic (exact) mass is 391 g/mol. The largest absolute Gasteiger partial charge is 0.340 e. The van der Waals surface area contributed by atoms with Crippen LogP contribution in [0.5, 0.6) is 0 Å². The molecule has 3 aromatic rings. The van der Waals surface area contributed by atoms with E-state index >= 15 is 0 Å². The smallest absolute Gasteiger partial charge is 0.270 e. The molecule has 3 rings (SSSR count). The summed E-state index contributed by atoms with van der Waals surface area (Å²) in [6.07, 6.45) is 4.09. The fourth-order valence-corrected chi connectivity index (χ4v) is 3.24. The number of carbonyl (C=O) groups excluding carboxylic acids is 2. The van der Waals surface area contributed by atoms with Gasteiger partial charge in [-0.05, 0) is 41.8 Å². The fourth-order valence-electron chi connectivity index (χ4n) is 2.59. The van der Waals surface area contributed by atoms with E-state index in [-0.39, 0.29) is 17.5 Å². The highest BCUT2D eigenvalue weighted by Gasteiger charge is 2.18. The molecule has 0 spiro atoms. The molecule has 0 atom stereocenters. The van der Waals surface area contributed by atoms with Crippen molar-refractivity contribution < 1.29 is 9.59 Å². The Hall–Kier alpha value is -3.25. The number of pyridine rings is 1. The molecule has 142 valence electrons. The third-order valence-electron chi connectivity index (χ3n) is 4.12. The zero-order chi connectivity index (χ0) is 19.8. The summed E-state index contributed by atoms with van der Waals surface area (Å²) in [6.45, 7) is 0.499. The molecule has 1 aromatic carbocycles. The second kappa shape index (κ2) is 9.62. The number of amides is 2. The zero-order valence-corrected chi connectivity index (χ0v) is 16.4. The normalized spacial score (nSPS) is 11.1. The van der Waals surface area contributed by atoms with Crippen molar-refractivity contribution in [3.05, 3.63) is 94.1 Å². The standard InChI is InChI=1S/C22H21N3O2S/c1-25(14-12-18-10-5-6-13-23-18)22(27)20(16-19-11-7-15-28-19)24-21(26)17-8-3-2-4-9-17/h2-11,13,15-16H,12,14H2,1H3,(H,24,26)/b20-16-. The van der Waals surface area contributed by atoms with E-state index in [1.54, 1.807) is 48.5 Å². The van der Waals surface area contributed by atoms with Crippen LogP contribution >= 0.6 is 11.3 Å². The van der Waals surface area contributed by atoms with Crippen LogP contribution in [0, 0.1) is 0 Å². The molecule has 0 bridgehead atoms. The van der Waals surface area contributed by atoms with Crippen LogP contribution in [0.25, 0.3) is 6.08 Å². The van der Waals surface area contributed by atoms with Gasteiger partial charge in [0.05, 0.1) is 0 Å². The Labute approximate surface area is 168 Å². The van der Waals surface area contributed by atoms with Crippen molar-refractivity contribution in [3.8, 4) is 0 Å². The first-order valence-corrected chi connectivity index (χ1v) is 9.78. The Morgan fingerprint density at radius 1 is 1.07 bits per heavy atom. The van der Waals surface area contributed by atoms with Gasteiger partial charge in [0.25, 0.3) is 11.8 Å². The molecule has 5 nitrogen and oxygen atoms in total. The van der Waals surface area contributed by atoms with Gasteiger partial charge in [0.2, 0.25) is 0 Å². The zero-order valence-electron chi connectivity index (χ0n) is 15.5. The maximum atomic E-state index is 13.0. The molecule has 28 heavy (non-hydrogen) atoms. The average molecular weight is 391 g/mol. The number of nitrogens with zero attached hydrogens (tertiary/aromatic N) is 2. The van der Waals surface area contributed by atoms with Crippen molar-refractivity contribution in [1.82, 2.24) is 15.2 Å². The second-order valence-corrected chi connectivity index (χ2v) is 7.17. The molecule has 0 unspecified atom stereocenters. The summed E-state index contributed by atoms with van der Waals surface area (Å²) >= 11 is 1.51. The third-order valence-corrected chi connectivity index (χ3v) is 4.94. The highest BCUT2D eigenvalue weighted by atomic mass is 32.1. The molecule has 0 radical (unpaired) electrons. The molecule has 0 fully saturated rings. The lowest BCUT2D eigenvalue weighted by Gasteiger charge is -2.19. The Kier molecular flexibility index (Phi) is 6.70. The van der Waals surface area contributed by atoms with Gasteiger partial charge in [-0.2, -0.15) is 0 Å². The molecule has 0 aliphatic rings. The van der Waals surface area contributed by atoms with Crippen LogP contribution in [-0.4, -0.2) is 35.3 Å². The number of benzene rings is 1. The van der Waals surface area contributed by atoms with E-state index in [0.717, 1.165) is 10.6 Å². The van der Waals surface area contributed by atoms with Gasteiger partial charge in [-0.1, -0.05) is 30.3 Å². The topological polar surface area (TPSA) is 62.3 Å². The van der Waals surface area contributed by atoms with Crippen molar-refractivity contribution in [1.29, 1.82) is 0 Å². The van der Waals surface area contributed by atoms with E-state index in [1.165, 1.54) is 11.3 Å². The summed E-state index contributed by atoms with van der Waals surface area (Å²) in [5, 5.41) is 4.70. The van der Waals surface area contributed by atoms with Gasteiger partial charge in [-0.3, -0.25) is 14.6 Å². The minimum atomic E-state index is -0.310. The number of hydrogen-bond acceptors (Lipinski definition) is 4. The molecule has 0 saturated heterocycles. The van der Waals surface area contributed by atoms with Crippen LogP contribution in [-0.2, 0) is 11.2 Å². The van der Waals surface area contributed by atoms with Gasteiger partial charge in [0.1, 0.15) is 5.70 Å². The van der Waals surface area contributed by atoms with Crippen LogP contribution in [0.4, 0.5) is 0 Å². The Morgan fingerprint density at radius 3 is 2.54 bits per heavy atom. The van der Waals surface area contributed by atoms with E-state index in [2.05, 4.69) is 10.3 Å². The lowest BCUT2D eigenvalue weighted by Crippen LogP contribution is -2.37. The van der Waals surface area contributed by atoms with E-state index in [0.29, 0.717) is 18.5 Å². The molecule has 2 aromatic heterocycles. The predicted octanol–water partition coefficient (Wildman–Crippen LogP) is 3.62. The second-order valence-electron chi connectivity index (χ2n) is 6.19. The molecular weight excluding hydrogens is 370 g/mol. The molecule has 0 aliphatic heterocycles. The van der Waals surface area contributed by atoms with Gasteiger partial charge in [-0.15, -0.1) is 11.3 Å². The maximum Gasteiger partial charge on any atom is 0.270 e. The summed E-state index contributed by atoms with van der Waals surface area (Å²) in [5.74, 6) is -0.552. The van der Waals surface area contributed by atoms with Gasteiger partial charge >= 0.3 is 0 Å². The van der Waals surface area contributed by atoms with E-state index in [9.17, 15) is 9.59 Å². The number of carbonyl (C=O) groups is 2. The molecule has 0 saturated carbocycles. The van der Waals surface area contributed by atoms with E-state index in [4.69, 9.17) is 0 Å². The molecule has 1 N–H and O–H groups in total. The number of nitrogens with one attached hydrogen (secondary N) is 1. The molecule has 0 aliphatic carbocycles. The van der Waals surface area contributed by atoms with Gasteiger partial charge < -0.3 is 10.2 Å². The van der Waals surface area contributed by atoms with Crippen molar-refractivity contribution >= 4 is 29.2 Å². The first-order chi connectivity index (χ1) is 13.6. The molecule has 2 heterocycles. The molecule has 2 amide bonds. The summed E-state index contributed by atoms with van der Waals surface area (Å²) in [7, 11) is 1.72. The first kappa shape index (κ1) is 19.5. The quantitative estimate of drug-likeness (QED) is 0.626. The van der Waals surface area contributed by atoms with Crippen LogP contribution in [0.15, 0.2) is 77.9 Å². The fraction of sp³-hybridized carbons (Fsp3) is 0.136.